The molecule has 0 saturated carbocycles. The Labute approximate surface area is 195 Å². The van der Waals surface area contributed by atoms with Gasteiger partial charge in [0.25, 0.3) is 5.91 Å². The predicted octanol–water partition coefficient (Wildman–Crippen LogP) is 5.29. The van der Waals surface area contributed by atoms with Gasteiger partial charge in [0.05, 0.1) is 25.1 Å². The molecule has 0 N–H and O–H groups in total. The van der Waals surface area contributed by atoms with Gasteiger partial charge in [0.2, 0.25) is 0 Å². The molecule has 2 atom stereocenters. The second kappa shape index (κ2) is 9.30. The minimum Gasteiger partial charge on any atom is -0.493 e. The first-order valence-electron chi connectivity index (χ1n) is 10.6. The minimum absolute atomic E-state index is 0.0134. The fraction of sp³-hybridized carbons (Fsp3) is 0.435. The van der Waals surface area contributed by atoms with Crippen molar-refractivity contribution in [2.24, 2.45) is 0 Å². The standard InChI is InChI=1S/C23H20F7NO4/c24-16-3-1-2-15(11-16)21-6-8-31(12-19(21)34-13-35-21)20(32)14-4-5-18(17(10-14)23(28,29)30)33-9-7-22(25,26)27/h1-5,10-11,19H,6-9,12-13H2/t19-,21-/m0/s1. The zero-order valence-corrected chi connectivity index (χ0v) is 18.1. The summed E-state index contributed by atoms with van der Waals surface area (Å²) in [6, 6.07) is 8.25. The molecule has 35 heavy (non-hydrogen) atoms. The highest BCUT2D eigenvalue weighted by molar-refractivity contribution is 5.94. The van der Waals surface area contributed by atoms with Crippen molar-refractivity contribution in [1.29, 1.82) is 0 Å². The molecule has 2 aromatic carbocycles. The number of piperidine rings is 1. The van der Waals surface area contributed by atoms with E-state index in [4.69, 9.17) is 14.2 Å². The first-order chi connectivity index (χ1) is 16.4. The van der Waals surface area contributed by atoms with Crippen LogP contribution in [-0.2, 0) is 21.3 Å². The Hall–Kier alpha value is -2.86. The number of likely N-dealkylation sites (tertiary alicyclic amines) is 1. The topological polar surface area (TPSA) is 48.0 Å². The Morgan fingerprint density at radius 3 is 2.57 bits per heavy atom. The summed E-state index contributed by atoms with van der Waals surface area (Å²) in [6.07, 6.45) is -11.4. The fourth-order valence-electron chi connectivity index (χ4n) is 4.29. The molecule has 2 saturated heterocycles. The highest BCUT2D eigenvalue weighted by atomic mass is 19.4. The van der Waals surface area contributed by atoms with Crippen LogP contribution in [0.3, 0.4) is 0 Å². The SMILES string of the molecule is O=C(c1ccc(OCCC(F)(F)F)c(C(F)(F)F)c1)N1CC[C@@]2(c3cccc(F)c3)OCO[C@H]2C1. The third-order valence-electron chi connectivity index (χ3n) is 6.02. The predicted molar refractivity (Wildman–Crippen MR) is 107 cm³/mol. The van der Waals surface area contributed by atoms with Crippen LogP contribution in [0.5, 0.6) is 5.75 Å². The molecule has 5 nitrogen and oxygen atoms in total. The maximum Gasteiger partial charge on any atom is 0.419 e. The number of benzene rings is 2. The van der Waals surface area contributed by atoms with Crippen molar-refractivity contribution < 1.29 is 49.7 Å². The lowest BCUT2D eigenvalue weighted by molar-refractivity contribution is -0.143. The van der Waals surface area contributed by atoms with Crippen LogP contribution in [0.2, 0.25) is 0 Å². The van der Waals surface area contributed by atoms with E-state index in [-0.39, 0.29) is 31.9 Å². The Balaban J connectivity index is 1.53. The van der Waals surface area contributed by atoms with Crippen LogP contribution in [0.1, 0.15) is 34.3 Å². The average molecular weight is 507 g/mol. The van der Waals surface area contributed by atoms with Gasteiger partial charge in [0.1, 0.15) is 30.1 Å². The van der Waals surface area contributed by atoms with E-state index in [0.29, 0.717) is 11.6 Å². The van der Waals surface area contributed by atoms with E-state index in [2.05, 4.69) is 0 Å². The highest BCUT2D eigenvalue weighted by Crippen LogP contribution is 2.43. The van der Waals surface area contributed by atoms with Gasteiger partial charge in [-0.05, 0) is 35.9 Å². The van der Waals surface area contributed by atoms with Crippen molar-refractivity contribution in [2.45, 2.75) is 36.9 Å². The van der Waals surface area contributed by atoms with E-state index in [1.807, 2.05) is 0 Å². The third-order valence-corrected chi connectivity index (χ3v) is 6.02. The van der Waals surface area contributed by atoms with Crippen molar-refractivity contribution in [3.05, 3.63) is 65.0 Å². The van der Waals surface area contributed by atoms with Crippen LogP contribution in [0.4, 0.5) is 30.7 Å². The number of carbonyl (C=O) groups excluding carboxylic acids is 1. The molecule has 2 heterocycles. The average Bonchev–Trinajstić information content (AvgIpc) is 3.22. The fourth-order valence-corrected chi connectivity index (χ4v) is 4.29. The van der Waals surface area contributed by atoms with Crippen LogP contribution in [0.25, 0.3) is 0 Å². The summed E-state index contributed by atoms with van der Waals surface area (Å²) >= 11 is 0. The summed E-state index contributed by atoms with van der Waals surface area (Å²) < 4.78 is 108. The molecule has 0 bridgehead atoms. The number of alkyl halides is 6. The molecule has 0 unspecified atom stereocenters. The number of ether oxygens (including phenoxy) is 3. The summed E-state index contributed by atoms with van der Waals surface area (Å²) in [5.74, 6) is -1.99. The van der Waals surface area contributed by atoms with Gasteiger partial charge < -0.3 is 19.1 Å². The number of halogens is 7. The molecule has 12 heteroatoms. The summed E-state index contributed by atoms with van der Waals surface area (Å²) in [7, 11) is 0. The molecule has 0 aromatic heterocycles. The normalized spacial score (nSPS) is 22.7. The van der Waals surface area contributed by atoms with E-state index < -0.39 is 60.1 Å². The highest BCUT2D eigenvalue weighted by Gasteiger charge is 2.51. The van der Waals surface area contributed by atoms with E-state index in [1.165, 1.54) is 23.1 Å². The molecule has 0 radical (unpaired) electrons. The van der Waals surface area contributed by atoms with Crippen LogP contribution in [0.15, 0.2) is 42.5 Å². The number of rotatable bonds is 5. The number of amides is 1. The Bertz CT molecular complexity index is 1090. The molecule has 1 amide bonds. The summed E-state index contributed by atoms with van der Waals surface area (Å²) in [5, 5.41) is 0. The zero-order chi connectivity index (χ0) is 25.4. The molecule has 2 aromatic rings. The lowest BCUT2D eigenvalue weighted by Gasteiger charge is -2.42. The summed E-state index contributed by atoms with van der Waals surface area (Å²) in [6.45, 7) is -1.00. The van der Waals surface area contributed by atoms with E-state index in [1.54, 1.807) is 6.07 Å². The number of hydrogen-bond acceptors (Lipinski definition) is 4. The van der Waals surface area contributed by atoms with Crippen molar-refractivity contribution in [3.63, 3.8) is 0 Å². The van der Waals surface area contributed by atoms with Crippen molar-refractivity contribution >= 4 is 5.91 Å². The van der Waals surface area contributed by atoms with Gasteiger partial charge >= 0.3 is 12.4 Å². The largest absolute Gasteiger partial charge is 0.493 e. The van der Waals surface area contributed by atoms with Crippen molar-refractivity contribution in [3.8, 4) is 5.75 Å². The molecule has 4 rings (SSSR count). The number of nitrogens with zero attached hydrogens (tertiary/aromatic N) is 1. The lowest BCUT2D eigenvalue weighted by atomic mass is 9.82. The van der Waals surface area contributed by atoms with Gasteiger partial charge in [-0.25, -0.2) is 4.39 Å². The number of hydrogen-bond donors (Lipinski definition) is 0. The van der Waals surface area contributed by atoms with E-state index >= 15 is 0 Å². The monoisotopic (exact) mass is 507 g/mol. The quantitative estimate of drug-likeness (QED) is 0.517. The maximum absolute atomic E-state index is 13.8. The molecule has 2 aliphatic heterocycles. The van der Waals surface area contributed by atoms with Crippen molar-refractivity contribution in [1.82, 2.24) is 4.90 Å². The van der Waals surface area contributed by atoms with Gasteiger partial charge in [-0.1, -0.05) is 12.1 Å². The van der Waals surface area contributed by atoms with E-state index in [9.17, 15) is 35.5 Å². The summed E-state index contributed by atoms with van der Waals surface area (Å²) in [5.41, 5.74) is -2.12. The molecule has 2 aliphatic rings. The lowest BCUT2D eigenvalue weighted by Crippen LogP contribution is -2.53. The number of fused-ring (bicyclic) bond motifs is 1. The van der Waals surface area contributed by atoms with E-state index in [0.717, 1.165) is 12.1 Å². The third kappa shape index (κ3) is 5.37. The molecular formula is C23H20F7NO4. The minimum atomic E-state index is -4.96. The smallest absolute Gasteiger partial charge is 0.419 e. The maximum atomic E-state index is 13.8. The second-order valence-electron chi connectivity index (χ2n) is 8.24. The Morgan fingerprint density at radius 1 is 1.11 bits per heavy atom. The Morgan fingerprint density at radius 2 is 1.89 bits per heavy atom. The molecule has 190 valence electrons. The van der Waals surface area contributed by atoms with Gasteiger partial charge in [-0.15, -0.1) is 0 Å². The van der Waals surface area contributed by atoms with Crippen LogP contribution in [-0.4, -0.2) is 49.6 Å². The van der Waals surface area contributed by atoms with Gasteiger partial charge in [0.15, 0.2) is 0 Å². The summed E-state index contributed by atoms with van der Waals surface area (Å²) in [4.78, 5) is 14.3. The Kier molecular flexibility index (Phi) is 6.71. The van der Waals surface area contributed by atoms with Crippen LogP contribution >= 0.6 is 0 Å². The molecule has 0 spiro atoms. The van der Waals surface area contributed by atoms with Gasteiger partial charge in [0, 0.05) is 18.5 Å². The first-order valence-corrected chi connectivity index (χ1v) is 10.6. The molecular weight excluding hydrogens is 487 g/mol. The van der Waals surface area contributed by atoms with Crippen molar-refractivity contribution in [2.75, 3.05) is 26.5 Å². The van der Waals surface area contributed by atoms with Gasteiger partial charge in [-0.2, -0.15) is 26.3 Å². The second-order valence-corrected chi connectivity index (χ2v) is 8.24. The van der Waals surface area contributed by atoms with Crippen LogP contribution in [0, 0.1) is 5.82 Å². The zero-order valence-electron chi connectivity index (χ0n) is 18.1. The molecule has 0 aliphatic carbocycles. The first kappa shape index (κ1) is 25.2. The molecule has 2 fully saturated rings. The van der Waals surface area contributed by atoms with Gasteiger partial charge in [-0.3, -0.25) is 4.79 Å². The van der Waals surface area contributed by atoms with Crippen LogP contribution < -0.4 is 4.74 Å². The number of carbonyl (C=O) groups is 1.